The molecule has 3 nitrogen and oxygen atoms in total. The zero-order chi connectivity index (χ0) is 13.8. The summed E-state index contributed by atoms with van der Waals surface area (Å²) in [5.41, 5.74) is 1.05. The fourth-order valence-corrected chi connectivity index (χ4v) is 3.65. The molecule has 2 rings (SSSR count). The Hall–Kier alpha value is -0.450. The summed E-state index contributed by atoms with van der Waals surface area (Å²) in [6, 6.07) is 3.76. The lowest BCUT2D eigenvalue weighted by molar-refractivity contribution is 0.0662. The van der Waals surface area contributed by atoms with Gasteiger partial charge in [0.15, 0.2) is 11.5 Å². The molecule has 1 heterocycles. The number of halogens is 2. The van der Waals surface area contributed by atoms with Crippen LogP contribution < -0.4 is 9.47 Å². The smallest absolute Gasteiger partial charge is 0.162 e. The van der Waals surface area contributed by atoms with E-state index in [9.17, 15) is 0 Å². The number of hydrogen-bond acceptors (Lipinski definition) is 3. The molecule has 0 spiro atoms. The molecule has 1 aliphatic rings. The van der Waals surface area contributed by atoms with E-state index in [0.29, 0.717) is 22.4 Å². The third-order valence-electron chi connectivity index (χ3n) is 3.48. The van der Waals surface area contributed by atoms with Crippen LogP contribution in [0.25, 0.3) is 0 Å². The number of benzene rings is 1. The molecule has 1 aliphatic heterocycles. The predicted molar refractivity (Wildman–Crippen MR) is 79.8 cm³/mol. The molecule has 0 aromatic heterocycles. The first-order valence-corrected chi connectivity index (χ1v) is 7.60. The van der Waals surface area contributed by atoms with Crippen LogP contribution in [-0.2, 0) is 4.74 Å². The van der Waals surface area contributed by atoms with Crippen LogP contribution in [0.2, 0.25) is 5.02 Å². The SMILES string of the molecule is COc1cc(Cl)c(C(Br)C2CCOCC2)cc1OC. The van der Waals surface area contributed by atoms with Crippen LogP contribution in [0.15, 0.2) is 12.1 Å². The van der Waals surface area contributed by atoms with Crippen molar-refractivity contribution < 1.29 is 14.2 Å². The van der Waals surface area contributed by atoms with E-state index < -0.39 is 0 Å². The quantitative estimate of drug-likeness (QED) is 0.762. The van der Waals surface area contributed by atoms with Gasteiger partial charge in [-0.1, -0.05) is 27.5 Å². The minimum atomic E-state index is 0.212. The Morgan fingerprint density at radius 2 is 1.79 bits per heavy atom. The van der Waals surface area contributed by atoms with Crippen molar-refractivity contribution >= 4 is 27.5 Å². The molecule has 1 unspecified atom stereocenters. The molecule has 0 amide bonds. The van der Waals surface area contributed by atoms with Crippen LogP contribution in [0.1, 0.15) is 23.2 Å². The van der Waals surface area contributed by atoms with E-state index in [1.807, 2.05) is 12.1 Å². The molecule has 106 valence electrons. The summed E-state index contributed by atoms with van der Waals surface area (Å²) in [5, 5.41) is 0.700. The molecule has 1 fully saturated rings. The van der Waals surface area contributed by atoms with Crippen molar-refractivity contribution in [2.45, 2.75) is 17.7 Å². The fraction of sp³-hybridized carbons (Fsp3) is 0.571. The van der Waals surface area contributed by atoms with Crippen LogP contribution in [0.3, 0.4) is 0 Å². The van der Waals surface area contributed by atoms with Crippen LogP contribution >= 0.6 is 27.5 Å². The molecule has 0 N–H and O–H groups in total. The summed E-state index contributed by atoms with van der Waals surface area (Å²) in [6.45, 7) is 1.63. The van der Waals surface area contributed by atoms with Crippen LogP contribution in [0.5, 0.6) is 11.5 Å². The van der Waals surface area contributed by atoms with Gasteiger partial charge < -0.3 is 14.2 Å². The molecule has 5 heteroatoms. The average molecular weight is 350 g/mol. The largest absolute Gasteiger partial charge is 0.493 e. The maximum Gasteiger partial charge on any atom is 0.162 e. The van der Waals surface area contributed by atoms with E-state index in [1.54, 1.807) is 14.2 Å². The predicted octanol–water partition coefficient (Wildman–Crippen LogP) is 4.22. The Labute approximate surface area is 127 Å². The highest BCUT2D eigenvalue weighted by atomic mass is 79.9. The molecule has 1 atom stereocenters. The maximum atomic E-state index is 6.35. The highest BCUT2D eigenvalue weighted by Gasteiger charge is 2.26. The fourth-order valence-electron chi connectivity index (χ4n) is 2.34. The minimum Gasteiger partial charge on any atom is -0.493 e. The Kier molecular flexibility index (Phi) is 5.37. The molecule has 0 aliphatic carbocycles. The first-order valence-electron chi connectivity index (χ1n) is 6.30. The normalized spacial score (nSPS) is 18.1. The van der Waals surface area contributed by atoms with Crippen molar-refractivity contribution in [1.29, 1.82) is 0 Å². The van der Waals surface area contributed by atoms with Crippen LogP contribution in [0.4, 0.5) is 0 Å². The van der Waals surface area contributed by atoms with E-state index in [1.165, 1.54) is 0 Å². The Morgan fingerprint density at radius 1 is 1.21 bits per heavy atom. The third kappa shape index (κ3) is 3.36. The second-order valence-corrected chi connectivity index (χ2v) is 5.97. The van der Waals surface area contributed by atoms with Crippen molar-refractivity contribution in [3.05, 3.63) is 22.7 Å². The summed E-state index contributed by atoms with van der Waals surface area (Å²) in [6.07, 6.45) is 2.08. The summed E-state index contributed by atoms with van der Waals surface area (Å²) < 4.78 is 16.0. The van der Waals surface area contributed by atoms with Gasteiger partial charge in [0.1, 0.15) is 0 Å². The van der Waals surface area contributed by atoms with Gasteiger partial charge in [-0.05, 0) is 30.4 Å². The molecule has 0 saturated carbocycles. The molecule has 0 radical (unpaired) electrons. The van der Waals surface area contributed by atoms with Crippen molar-refractivity contribution in [3.63, 3.8) is 0 Å². The topological polar surface area (TPSA) is 27.7 Å². The average Bonchev–Trinajstić information content (AvgIpc) is 2.47. The van der Waals surface area contributed by atoms with Gasteiger partial charge in [0.05, 0.1) is 14.2 Å². The highest BCUT2D eigenvalue weighted by molar-refractivity contribution is 9.09. The lowest BCUT2D eigenvalue weighted by atomic mass is 9.92. The highest BCUT2D eigenvalue weighted by Crippen LogP contribution is 2.43. The zero-order valence-electron chi connectivity index (χ0n) is 11.1. The molecule has 1 saturated heterocycles. The molecular weight excluding hydrogens is 332 g/mol. The Morgan fingerprint density at radius 3 is 2.37 bits per heavy atom. The zero-order valence-corrected chi connectivity index (χ0v) is 13.5. The lowest BCUT2D eigenvalue weighted by Crippen LogP contribution is -2.19. The lowest BCUT2D eigenvalue weighted by Gasteiger charge is -2.27. The Bertz CT molecular complexity index is 433. The summed E-state index contributed by atoms with van der Waals surface area (Å²) in [5.74, 6) is 1.89. The third-order valence-corrected chi connectivity index (χ3v) is 5.05. The van der Waals surface area contributed by atoms with Crippen molar-refractivity contribution in [3.8, 4) is 11.5 Å². The second-order valence-electron chi connectivity index (χ2n) is 4.58. The minimum absolute atomic E-state index is 0.212. The van der Waals surface area contributed by atoms with Crippen molar-refractivity contribution in [2.75, 3.05) is 27.4 Å². The second kappa shape index (κ2) is 6.82. The van der Waals surface area contributed by atoms with Crippen molar-refractivity contribution in [1.82, 2.24) is 0 Å². The van der Waals surface area contributed by atoms with E-state index in [-0.39, 0.29) is 4.83 Å². The number of alkyl halides is 1. The van der Waals surface area contributed by atoms with Gasteiger partial charge >= 0.3 is 0 Å². The molecule has 0 bridgehead atoms. The van der Waals surface area contributed by atoms with Gasteiger partial charge in [0, 0.05) is 29.1 Å². The molecule has 1 aromatic carbocycles. The monoisotopic (exact) mass is 348 g/mol. The maximum absolute atomic E-state index is 6.35. The summed E-state index contributed by atoms with van der Waals surface area (Å²) in [4.78, 5) is 0.212. The van der Waals surface area contributed by atoms with Crippen LogP contribution in [-0.4, -0.2) is 27.4 Å². The van der Waals surface area contributed by atoms with Gasteiger partial charge in [-0.2, -0.15) is 0 Å². The number of methoxy groups -OCH3 is 2. The van der Waals surface area contributed by atoms with Gasteiger partial charge in [0.2, 0.25) is 0 Å². The Balaban J connectivity index is 2.27. The van der Waals surface area contributed by atoms with Crippen molar-refractivity contribution in [2.24, 2.45) is 5.92 Å². The van der Waals surface area contributed by atoms with E-state index in [4.69, 9.17) is 25.8 Å². The van der Waals surface area contributed by atoms with Gasteiger partial charge in [-0.25, -0.2) is 0 Å². The molecule has 19 heavy (non-hydrogen) atoms. The standard InChI is InChI=1S/C14H18BrClO3/c1-17-12-7-10(11(16)8-13(12)18-2)14(15)9-3-5-19-6-4-9/h7-9,14H,3-6H2,1-2H3. The number of ether oxygens (including phenoxy) is 3. The van der Waals surface area contributed by atoms with Gasteiger partial charge in [0.25, 0.3) is 0 Å². The van der Waals surface area contributed by atoms with Crippen LogP contribution in [0, 0.1) is 5.92 Å². The first-order chi connectivity index (χ1) is 9.17. The number of rotatable bonds is 4. The first kappa shape index (κ1) is 14.9. The van der Waals surface area contributed by atoms with E-state index in [0.717, 1.165) is 31.6 Å². The molecule has 1 aromatic rings. The number of hydrogen-bond donors (Lipinski definition) is 0. The van der Waals surface area contributed by atoms with Gasteiger partial charge in [-0.15, -0.1) is 0 Å². The van der Waals surface area contributed by atoms with Gasteiger partial charge in [-0.3, -0.25) is 0 Å². The summed E-state index contributed by atoms with van der Waals surface area (Å²) in [7, 11) is 3.24. The van der Waals surface area contributed by atoms with E-state index >= 15 is 0 Å². The molecular formula is C14H18BrClO3. The summed E-state index contributed by atoms with van der Waals surface area (Å²) >= 11 is 10.1. The van der Waals surface area contributed by atoms with E-state index in [2.05, 4.69) is 15.9 Å².